The summed E-state index contributed by atoms with van der Waals surface area (Å²) in [6, 6.07) is 7.92. The molecule has 0 saturated carbocycles. The monoisotopic (exact) mass is 352 g/mol. The maximum atomic E-state index is 13.7. The van der Waals surface area contributed by atoms with E-state index in [-0.39, 0.29) is 18.0 Å². The van der Waals surface area contributed by atoms with E-state index in [0.717, 1.165) is 10.0 Å². The Morgan fingerprint density at radius 2 is 1.95 bits per heavy atom. The Balaban J connectivity index is 2.25. The summed E-state index contributed by atoms with van der Waals surface area (Å²) in [5.74, 6) is -0.315. The number of aryl methyl sites for hydroxylation is 2. The van der Waals surface area contributed by atoms with Gasteiger partial charge >= 0.3 is 0 Å². The SMILES string of the molecule is Cc1cc(C)c([N+](=O)[O-])cc1NCc1cc(Br)ccc1F. The van der Waals surface area contributed by atoms with Gasteiger partial charge in [-0.2, -0.15) is 0 Å². The number of rotatable bonds is 4. The number of hydrogen-bond donors (Lipinski definition) is 1. The van der Waals surface area contributed by atoms with Crippen LogP contribution < -0.4 is 5.32 Å². The van der Waals surface area contributed by atoms with E-state index in [4.69, 9.17) is 0 Å². The molecule has 2 rings (SSSR count). The Morgan fingerprint density at radius 1 is 1.24 bits per heavy atom. The average Bonchev–Trinajstić information content (AvgIpc) is 2.41. The van der Waals surface area contributed by atoms with Gasteiger partial charge < -0.3 is 5.32 Å². The Morgan fingerprint density at radius 3 is 2.62 bits per heavy atom. The van der Waals surface area contributed by atoms with Crippen molar-refractivity contribution in [3.63, 3.8) is 0 Å². The van der Waals surface area contributed by atoms with E-state index < -0.39 is 4.92 Å². The van der Waals surface area contributed by atoms with E-state index in [9.17, 15) is 14.5 Å². The van der Waals surface area contributed by atoms with Crippen molar-refractivity contribution in [3.8, 4) is 0 Å². The predicted octanol–water partition coefficient (Wildman–Crippen LogP) is 4.73. The number of nitrogens with zero attached hydrogens (tertiary/aromatic N) is 1. The van der Waals surface area contributed by atoms with Crippen LogP contribution in [0.3, 0.4) is 0 Å². The number of nitro groups is 1. The van der Waals surface area contributed by atoms with Crippen LogP contribution in [0.5, 0.6) is 0 Å². The van der Waals surface area contributed by atoms with Crippen molar-refractivity contribution in [1.82, 2.24) is 0 Å². The molecule has 0 atom stereocenters. The van der Waals surface area contributed by atoms with Crippen LogP contribution in [-0.4, -0.2) is 4.92 Å². The second-order valence-electron chi connectivity index (χ2n) is 4.80. The molecule has 0 spiro atoms. The third kappa shape index (κ3) is 3.58. The van der Waals surface area contributed by atoms with Gasteiger partial charge in [0.25, 0.3) is 5.69 Å². The lowest BCUT2D eigenvalue weighted by Gasteiger charge is -2.11. The number of nitro benzene ring substituents is 1. The maximum Gasteiger partial charge on any atom is 0.274 e. The summed E-state index contributed by atoms with van der Waals surface area (Å²) in [5, 5.41) is 14.0. The first-order valence-corrected chi connectivity index (χ1v) is 7.11. The normalized spacial score (nSPS) is 10.5. The number of nitrogens with one attached hydrogen (secondary N) is 1. The zero-order chi connectivity index (χ0) is 15.6. The lowest BCUT2D eigenvalue weighted by atomic mass is 10.1. The standard InChI is InChI=1S/C15H14BrFN2O2/c1-9-5-10(2)15(19(20)21)7-14(9)18-8-11-6-12(16)3-4-13(11)17/h3-7,18H,8H2,1-2H3. The molecule has 0 unspecified atom stereocenters. The molecule has 0 aromatic heterocycles. The molecular formula is C15H14BrFN2O2. The first kappa shape index (κ1) is 15.4. The van der Waals surface area contributed by atoms with Crippen molar-refractivity contribution < 1.29 is 9.31 Å². The van der Waals surface area contributed by atoms with Gasteiger partial charge in [0.1, 0.15) is 5.82 Å². The van der Waals surface area contributed by atoms with Crippen LogP contribution in [-0.2, 0) is 6.54 Å². The molecule has 2 aromatic carbocycles. The van der Waals surface area contributed by atoms with Gasteiger partial charge in [-0.25, -0.2) is 4.39 Å². The van der Waals surface area contributed by atoms with Crippen molar-refractivity contribution in [3.05, 3.63) is 67.4 Å². The number of hydrogen-bond acceptors (Lipinski definition) is 3. The molecule has 110 valence electrons. The lowest BCUT2D eigenvalue weighted by molar-refractivity contribution is -0.385. The molecule has 0 fully saturated rings. The van der Waals surface area contributed by atoms with Crippen molar-refractivity contribution in [2.45, 2.75) is 20.4 Å². The highest BCUT2D eigenvalue weighted by atomic mass is 79.9. The van der Waals surface area contributed by atoms with Gasteiger partial charge in [0, 0.05) is 33.9 Å². The van der Waals surface area contributed by atoms with E-state index in [2.05, 4.69) is 21.2 Å². The molecule has 0 radical (unpaired) electrons. The number of halogens is 2. The van der Waals surface area contributed by atoms with Gasteiger partial charge in [0.05, 0.1) is 4.92 Å². The average molecular weight is 353 g/mol. The van der Waals surface area contributed by atoms with E-state index in [1.807, 2.05) is 6.92 Å². The summed E-state index contributed by atoms with van der Waals surface area (Å²) in [7, 11) is 0. The zero-order valence-electron chi connectivity index (χ0n) is 11.6. The van der Waals surface area contributed by atoms with Gasteiger partial charge in [0.15, 0.2) is 0 Å². The highest BCUT2D eigenvalue weighted by molar-refractivity contribution is 9.10. The van der Waals surface area contributed by atoms with Crippen LogP contribution >= 0.6 is 15.9 Å². The zero-order valence-corrected chi connectivity index (χ0v) is 13.2. The molecule has 6 heteroatoms. The molecule has 0 aliphatic carbocycles. The van der Waals surface area contributed by atoms with Crippen LogP contribution in [0.1, 0.15) is 16.7 Å². The largest absolute Gasteiger partial charge is 0.380 e. The molecule has 0 aliphatic rings. The number of benzene rings is 2. The molecule has 0 saturated heterocycles. The molecule has 2 aromatic rings. The van der Waals surface area contributed by atoms with Gasteiger partial charge in [-0.15, -0.1) is 0 Å². The predicted molar refractivity (Wildman–Crippen MR) is 84.0 cm³/mol. The highest BCUT2D eigenvalue weighted by Gasteiger charge is 2.13. The van der Waals surface area contributed by atoms with Crippen molar-refractivity contribution in [2.24, 2.45) is 0 Å². The van der Waals surface area contributed by atoms with Gasteiger partial charge in [0.2, 0.25) is 0 Å². The first-order chi connectivity index (χ1) is 9.88. The van der Waals surface area contributed by atoms with Crippen LogP contribution in [0.4, 0.5) is 15.8 Å². The molecular weight excluding hydrogens is 339 g/mol. The molecule has 0 aliphatic heterocycles. The fraction of sp³-hybridized carbons (Fsp3) is 0.200. The van der Waals surface area contributed by atoms with Crippen molar-refractivity contribution in [1.29, 1.82) is 0 Å². The smallest absolute Gasteiger partial charge is 0.274 e. The van der Waals surface area contributed by atoms with E-state index >= 15 is 0 Å². The third-order valence-corrected chi connectivity index (χ3v) is 3.71. The minimum absolute atomic E-state index is 0.0535. The Labute approximate surface area is 130 Å². The summed E-state index contributed by atoms with van der Waals surface area (Å²) < 4.78 is 14.5. The second-order valence-corrected chi connectivity index (χ2v) is 5.72. The fourth-order valence-corrected chi connectivity index (χ4v) is 2.51. The van der Waals surface area contributed by atoms with Gasteiger partial charge in [-0.05, 0) is 43.7 Å². The quantitative estimate of drug-likeness (QED) is 0.639. The van der Waals surface area contributed by atoms with E-state index in [1.54, 1.807) is 25.1 Å². The first-order valence-electron chi connectivity index (χ1n) is 6.32. The molecule has 1 N–H and O–H groups in total. The highest BCUT2D eigenvalue weighted by Crippen LogP contribution is 2.27. The Bertz CT molecular complexity index is 704. The van der Waals surface area contributed by atoms with Crippen molar-refractivity contribution in [2.75, 3.05) is 5.32 Å². The second kappa shape index (κ2) is 6.22. The van der Waals surface area contributed by atoms with Gasteiger partial charge in [-0.3, -0.25) is 10.1 Å². The minimum atomic E-state index is -0.417. The van der Waals surface area contributed by atoms with Crippen molar-refractivity contribution >= 4 is 27.3 Å². The van der Waals surface area contributed by atoms with E-state index in [1.165, 1.54) is 12.1 Å². The Kier molecular flexibility index (Phi) is 4.57. The fourth-order valence-electron chi connectivity index (χ4n) is 2.10. The molecule has 4 nitrogen and oxygen atoms in total. The topological polar surface area (TPSA) is 55.2 Å². The molecule has 0 amide bonds. The maximum absolute atomic E-state index is 13.7. The molecule has 0 bridgehead atoms. The third-order valence-electron chi connectivity index (χ3n) is 3.22. The van der Waals surface area contributed by atoms with Crippen LogP contribution in [0.2, 0.25) is 0 Å². The van der Waals surface area contributed by atoms with Crippen LogP contribution in [0.15, 0.2) is 34.8 Å². The summed E-state index contributed by atoms with van der Waals surface area (Å²) >= 11 is 3.29. The van der Waals surface area contributed by atoms with E-state index in [0.29, 0.717) is 16.8 Å². The summed E-state index contributed by atoms with van der Waals surface area (Å²) in [5.41, 5.74) is 2.67. The molecule has 0 heterocycles. The van der Waals surface area contributed by atoms with Gasteiger partial charge in [-0.1, -0.05) is 15.9 Å². The Hall–Kier alpha value is -1.95. The summed E-state index contributed by atoms with van der Waals surface area (Å²) in [6.07, 6.45) is 0. The molecule has 21 heavy (non-hydrogen) atoms. The lowest BCUT2D eigenvalue weighted by Crippen LogP contribution is -2.04. The van der Waals surface area contributed by atoms with Crippen LogP contribution in [0, 0.1) is 29.8 Å². The summed E-state index contributed by atoms with van der Waals surface area (Å²) in [4.78, 5) is 10.6. The number of anilines is 1. The minimum Gasteiger partial charge on any atom is -0.380 e. The summed E-state index contributed by atoms with van der Waals surface area (Å²) in [6.45, 7) is 3.81. The van der Waals surface area contributed by atoms with Crippen LogP contribution in [0.25, 0.3) is 0 Å².